The van der Waals surface area contributed by atoms with Crippen LogP contribution in [-0.4, -0.2) is 36.7 Å². The molecule has 1 unspecified atom stereocenters. The molecule has 0 aliphatic carbocycles. The molecule has 1 aliphatic heterocycles. The lowest BCUT2D eigenvalue weighted by Gasteiger charge is -2.23. The van der Waals surface area contributed by atoms with Gasteiger partial charge in [0.05, 0.1) is 24.4 Å². The maximum Gasteiger partial charge on any atom is 0.226 e. The quantitative estimate of drug-likeness (QED) is 0.903. The number of anilines is 1. The predicted molar refractivity (Wildman–Crippen MR) is 82.3 cm³/mol. The molecule has 0 saturated carbocycles. The van der Waals surface area contributed by atoms with E-state index in [1.807, 2.05) is 37.3 Å². The Hall–Kier alpha value is -1.98. The summed E-state index contributed by atoms with van der Waals surface area (Å²) in [6.45, 7) is 4.04. The third kappa shape index (κ3) is 3.37. The van der Waals surface area contributed by atoms with Crippen molar-refractivity contribution in [2.45, 2.75) is 19.4 Å². The van der Waals surface area contributed by atoms with E-state index in [4.69, 9.17) is 4.74 Å². The van der Waals surface area contributed by atoms with Crippen LogP contribution in [0.2, 0.25) is 0 Å². The zero-order valence-electron chi connectivity index (χ0n) is 12.1. The lowest BCUT2D eigenvalue weighted by Crippen LogP contribution is -2.43. The van der Waals surface area contributed by atoms with Crippen LogP contribution < -0.4 is 10.6 Å². The Morgan fingerprint density at radius 2 is 2.33 bits per heavy atom. The number of aryl methyl sites for hydroxylation is 1. The fraction of sp³-hybridized carbons (Fsp3) is 0.375. The third-order valence-electron chi connectivity index (χ3n) is 3.56. The number of benzene rings is 1. The summed E-state index contributed by atoms with van der Waals surface area (Å²) < 4.78 is 5.36. The monoisotopic (exact) mass is 285 g/mol. The Morgan fingerprint density at radius 1 is 1.43 bits per heavy atom. The van der Waals surface area contributed by atoms with E-state index in [2.05, 4.69) is 15.6 Å². The molecule has 3 rings (SSSR count). The van der Waals surface area contributed by atoms with Gasteiger partial charge in [-0.15, -0.1) is 0 Å². The standard InChI is InChI=1S/C16H19N3O2/c1-11-5-6-12-3-2-4-14(16(12)18-11)19-15(20)9-13-10-21-8-7-17-13/h2-6,13,17H,7-10H2,1H3,(H,19,20). The lowest BCUT2D eigenvalue weighted by atomic mass is 10.1. The third-order valence-corrected chi connectivity index (χ3v) is 3.56. The maximum absolute atomic E-state index is 12.2. The molecule has 1 saturated heterocycles. The van der Waals surface area contributed by atoms with Crippen molar-refractivity contribution in [3.05, 3.63) is 36.0 Å². The molecular weight excluding hydrogens is 266 g/mol. The van der Waals surface area contributed by atoms with Crippen molar-refractivity contribution in [1.82, 2.24) is 10.3 Å². The Morgan fingerprint density at radius 3 is 3.14 bits per heavy atom. The van der Waals surface area contributed by atoms with Gasteiger partial charge in [0.15, 0.2) is 0 Å². The van der Waals surface area contributed by atoms with Crippen molar-refractivity contribution in [1.29, 1.82) is 0 Å². The van der Waals surface area contributed by atoms with E-state index in [0.29, 0.717) is 19.6 Å². The van der Waals surface area contributed by atoms with Gasteiger partial charge in [0.1, 0.15) is 0 Å². The number of para-hydroxylation sites is 1. The predicted octanol–water partition coefficient (Wildman–Crippen LogP) is 1.86. The number of ether oxygens (including phenoxy) is 1. The van der Waals surface area contributed by atoms with Crippen LogP contribution in [0.5, 0.6) is 0 Å². The molecule has 1 amide bonds. The molecule has 2 aromatic rings. The van der Waals surface area contributed by atoms with Crippen molar-refractivity contribution < 1.29 is 9.53 Å². The first-order valence-electron chi connectivity index (χ1n) is 7.20. The van der Waals surface area contributed by atoms with Crippen molar-refractivity contribution in [3.8, 4) is 0 Å². The highest BCUT2D eigenvalue weighted by Crippen LogP contribution is 2.22. The highest BCUT2D eigenvalue weighted by molar-refractivity contribution is 6.00. The highest BCUT2D eigenvalue weighted by atomic mass is 16.5. The van der Waals surface area contributed by atoms with Crippen LogP contribution in [-0.2, 0) is 9.53 Å². The number of morpholine rings is 1. The van der Waals surface area contributed by atoms with Crippen molar-refractivity contribution in [3.63, 3.8) is 0 Å². The second-order valence-corrected chi connectivity index (χ2v) is 5.31. The number of amides is 1. The zero-order valence-corrected chi connectivity index (χ0v) is 12.1. The minimum Gasteiger partial charge on any atom is -0.378 e. The van der Waals surface area contributed by atoms with E-state index in [1.165, 1.54) is 0 Å². The summed E-state index contributed by atoms with van der Waals surface area (Å²) in [4.78, 5) is 16.7. The summed E-state index contributed by atoms with van der Waals surface area (Å²) in [5.74, 6) is -0.0196. The van der Waals surface area contributed by atoms with E-state index in [1.54, 1.807) is 0 Å². The lowest BCUT2D eigenvalue weighted by molar-refractivity contribution is -0.117. The van der Waals surface area contributed by atoms with Gasteiger partial charge in [-0.05, 0) is 19.1 Å². The average molecular weight is 285 g/mol. The summed E-state index contributed by atoms with van der Waals surface area (Å²) in [5, 5.41) is 7.27. The molecule has 21 heavy (non-hydrogen) atoms. The van der Waals surface area contributed by atoms with Gasteiger partial charge in [0.25, 0.3) is 0 Å². The van der Waals surface area contributed by atoms with Gasteiger partial charge in [0.2, 0.25) is 5.91 Å². The SMILES string of the molecule is Cc1ccc2cccc(NC(=O)CC3COCCN3)c2n1. The van der Waals surface area contributed by atoms with Crippen molar-refractivity contribution in [2.75, 3.05) is 25.1 Å². The fourth-order valence-electron chi connectivity index (χ4n) is 2.52. The number of carbonyl (C=O) groups is 1. The van der Waals surface area contributed by atoms with Gasteiger partial charge in [0, 0.05) is 30.1 Å². The van der Waals surface area contributed by atoms with Crippen LogP contribution in [0.1, 0.15) is 12.1 Å². The number of carbonyl (C=O) groups excluding carboxylic acids is 1. The van der Waals surface area contributed by atoms with Crippen LogP contribution in [0.4, 0.5) is 5.69 Å². The molecule has 1 fully saturated rings. The summed E-state index contributed by atoms with van der Waals surface area (Å²) in [7, 11) is 0. The van der Waals surface area contributed by atoms with Gasteiger partial charge in [-0.25, -0.2) is 0 Å². The Bertz CT molecular complexity index is 651. The number of nitrogens with one attached hydrogen (secondary N) is 2. The molecule has 2 heterocycles. The minimum absolute atomic E-state index is 0.0196. The molecule has 0 bridgehead atoms. The second-order valence-electron chi connectivity index (χ2n) is 5.31. The maximum atomic E-state index is 12.2. The number of hydrogen-bond acceptors (Lipinski definition) is 4. The second kappa shape index (κ2) is 6.20. The summed E-state index contributed by atoms with van der Waals surface area (Å²) in [5.41, 5.74) is 2.53. The number of nitrogens with zero attached hydrogens (tertiary/aromatic N) is 1. The minimum atomic E-state index is -0.0196. The number of rotatable bonds is 3. The Labute approximate surface area is 123 Å². The molecule has 1 aliphatic rings. The van der Waals surface area contributed by atoms with E-state index in [9.17, 15) is 4.79 Å². The first-order valence-corrected chi connectivity index (χ1v) is 7.20. The first-order chi connectivity index (χ1) is 10.2. The van der Waals surface area contributed by atoms with E-state index in [-0.39, 0.29) is 11.9 Å². The van der Waals surface area contributed by atoms with Crippen molar-refractivity contribution >= 4 is 22.5 Å². The molecule has 1 aromatic carbocycles. The van der Waals surface area contributed by atoms with Gasteiger partial charge in [-0.2, -0.15) is 0 Å². The number of fused-ring (bicyclic) bond motifs is 1. The van der Waals surface area contributed by atoms with Gasteiger partial charge in [-0.3, -0.25) is 9.78 Å². The van der Waals surface area contributed by atoms with Gasteiger partial charge in [-0.1, -0.05) is 18.2 Å². The van der Waals surface area contributed by atoms with Crippen molar-refractivity contribution in [2.24, 2.45) is 0 Å². The Kier molecular flexibility index (Phi) is 4.13. The largest absolute Gasteiger partial charge is 0.378 e. The van der Waals surface area contributed by atoms with E-state index >= 15 is 0 Å². The fourth-order valence-corrected chi connectivity index (χ4v) is 2.52. The molecular formula is C16H19N3O2. The van der Waals surface area contributed by atoms with Crippen LogP contribution in [0.25, 0.3) is 10.9 Å². The average Bonchev–Trinajstić information content (AvgIpc) is 2.49. The van der Waals surface area contributed by atoms with Crippen LogP contribution in [0.3, 0.4) is 0 Å². The molecule has 5 heteroatoms. The van der Waals surface area contributed by atoms with E-state index in [0.717, 1.165) is 28.8 Å². The summed E-state index contributed by atoms with van der Waals surface area (Å²) in [6.07, 6.45) is 0.405. The van der Waals surface area contributed by atoms with Crippen LogP contribution in [0, 0.1) is 6.92 Å². The number of aromatic nitrogens is 1. The Balaban J connectivity index is 1.74. The zero-order chi connectivity index (χ0) is 14.7. The molecule has 1 atom stereocenters. The van der Waals surface area contributed by atoms with Gasteiger partial charge >= 0.3 is 0 Å². The summed E-state index contributed by atoms with van der Waals surface area (Å²) in [6, 6.07) is 9.88. The van der Waals surface area contributed by atoms with E-state index < -0.39 is 0 Å². The first kappa shape index (κ1) is 14.0. The molecule has 0 spiro atoms. The number of pyridine rings is 1. The number of hydrogen-bond donors (Lipinski definition) is 2. The highest BCUT2D eigenvalue weighted by Gasteiger charge is 2.17. The van der Waals surface area contributed by atoms with Gasteiger partial charge < -0.3 is 15.4 Å². The molecule has 2 N–H and O–H groups in total. The summed E-state index contributed by atoms with van der Waals surface area (Å²) >= 11 is 0. The smallest absolute Gasteiger partial charge is 0.226 e. The molecule has 1 aromatic heterocycles. The topological polar surface area (TPSA) is 63.2 Å². The van der Waals surface area contributed by atoms with Crippen LogP contribution in [0.15, 0.2) is 30.3 Å². The molecule has 0 radical (unpaired) electrons. The van der Waals surface area contributed by atoms with Crippen LogP contribution >= 0.6 is 0 Å². The molecule has 110 valence electrons. The molecule has 5 nitrogen and oxygen atoms in total. The normalized spacial score (nSPS) is 18.6.